The Balaban J connectivity index is 1.43. The topological polar surface area (TPSA) is 66.8 Å². The second kappa shape index (κ2) is 9.94. The van der Waals surface area contributed by atoms with E-state index in [1.54, 1.807) is 36.4 Å². The summed E-state index contributed by atoms with van der Waals surface area (Å²) in [6.07, 6.45) is 2.26. The maximum Gasteiger partial charge on any atom is 0.293 e. The van der Waals surface area contributed by atoms with E-state index in [1.165, 1.54) is 0 Å². The maximum atomic E-state index is 12.8. The van der Waals surface area contributed by atoms with E-state index in [-0.39, 0.29) is 29.0 Å². The summed E-state index contributed by atoms with van der Waals surface area (Å²) in [7, 11) is 0. The first-order valence-electron chi connectivity index (χ1n) is 9.99. The number of benzene rings is 3. The number of aromatic hydroxyl groups is 1. The van der Waals surface area contributed by atoms with Crippen LogP contribution in [0, 0.1) is 0 Å². The summed E-state index contributed by atoms with van der Waals surface area (Å²) in [6.45, 7) is 0.301. The standard InChI is InChI=1S/C25H20ClNO4S/c26-20-7-9-21(10-8-20)31-13-12-27-24(29)23(32-25(27)30)16-19-15-18(6-11-22(19)28)14-17-4-2-1-3-5-17/h1-11,15-16,28H,12-14H2/b23-16-. The van der Waals surface area contributed by atoms with Crippen LogP contribution in [-0.2, 0) is 11.2 Å². The van der Waals surface area contributed by atoms with Gasteiger partial charge < -0.3 is 9.84 Å². The third kappa shape index (κ3) is 5.33. The highest BCUT2D eigenvalue weighted by Gasteiger charge is 2.35. The summed E-state index contributed by atoms with van der Waals surface area (Å²) in [6, 6.07) is 22.1. The first-order chi connectivity index (χ1) is 15.5. The van der Waals surface area contributed by atoms with Gasteiger partial charge in [-0.3, -0.25) is 14.5 Å². The number of carbonyl (C=O) groups excluding carboxylic acids is 2. The van der Waals surface area contributed by atoms with Crippen LogP contribution in [0.4, 0.5) is 4.79 Å². The largest absolute Gasteiger partial charge is 0.507 e. The van der Waals surface area contributed by atoms with Crippen LogP contribution >= 0.6 is 23.4 Å². The monoisotopic (exact) mass is 465 g/mol. The molecule has 2 amide bonds. The molecular formula is C25H20ClNO4S. The van der Waals surface area contributed by atoms with Crippen molar-refractivity contribution in [2.75, 3.05) is 13.2 Å². The van der Waals surface area contributed by atoms with Crippen molar-refractivity contribution in [1.29, 1.82) is 0 Å². The third-order valence-corrected chi connectivity index (χ3v) is 6.06. The van der Waals surface area contributed by atoms with Crippen molar-refractivity contribution < 1.29 is 19.4 Å². The summed E-state index contributed by atoms with van der Waals surface area (Å²) in [5, 5.41) is 10.5. The fraction of sp³-hybridized carbons (Fsp3) is 0.120. The van der Waals surface area contributed by atoms with Crippen LogP contribution in [-0.4, -0.2) is 34.3 Å². The van der Waals surface area contributed by atoms with E-state index in [9.17, 15) is 14.7 Å². The lowest BCUT2D eigenvalue weighted by Crippen LogP contribution is -2.32. The predicted octanol–water partition coefficient (Wildman–Crippen LogP) is 5.75. The van der Waals surface area contributed by atoms with Gasteiger partial charge in [-0.05, 0) is 71.8 Å². The molecule has 3 aromatic rings. The van der Waals surface area contributed by atoms with Gasteiger partial charge in [-0.2, -0.15) is 0 Å². The fourth-order valence-corrected chi connectivity index (χ4v) is 4.26. The molecule has 1 saturated heterocycles. The molecule has 1 N–H and O–H groups in total. The Morgan fingerprint density at radius 2 is 1.72 bits per heavy atom. The first kappa shape index (κ1) is 22.0. The number of hydrogen-bond donors (Lipinski definition) is 1. The number of phenolic OH excluding ortho intramolecular Hbond substituents is 1. The van der Waals surface area contributed by atoms with Crippen molar-refractivity contribution in [3.05, 3.63) is 99.4 Å². The highest BCUT2D eigenvalue weighted by atomic mass is 35.5. The van der Waals surface area contributed by atoms with Crippen molar-refractivity contribution in [3.8, 4) is 11.5 Å². The minimum Gasteiger partial charge on any atom is -0.507 e. The lowest BCUT2D eigenvalue weighted by molar-refractivity contribution is -0.123. The van der Waals surface area contributed by atoms with Crippen LogP contribution in [0.1, 0.15) is 16.7 Å². The number of rotatable bonds is 7. The number of imide groups is 1. The lowest BCUT2D eigenvalue weighted by Gasteiger charge is -2.13. The summed E-state index contributed by atoms with van der Waals surface area (Å²) in [5.41, 5.74) is 2.64. The molecule has 0 bridgehead atoms. The molecule has 1 aliphatic heterocycles. The molecular weight excluding hydrogens is 446 g/mol. The minimum atomic E-state index is -0.396. The molecule has 0 radical (unpaired) electrons. The Labute approximate surface area is 195 Å². The van der Waals surface area contributed by atoms with Crippen molar-refractivity contribution in [2.24, 2.45) is 0 Å². The van der Waals surface area contributed by atoms with Crippen LogP contribution in [0.25, 0.3) is 6.08 Å². The minimum absolute atomic E-state index is 0.0553. The Morgan fingerprint density at radius 3 is 2.47 bits per heavy atom. The fourth-order valence-electron chi connectivity index (χ4n) is 3.28. The molecule has 1 heterocycles. The first-order valence-corrected chi connectivity index (χ1v) is 11.2. The molecule has 1 aliphatic rings. The summed E-state index contributed by atoms with van der Waals surface area (Å²) < 4.78 is 5.59. The Hall–Kier alpha value is -3.22. The number of thioether (sulfide) groups is 1. The van der Waals surface area contributed by atoms with Gasteiger partial charge in [0.25, 0.3) is 11.1 Å². The molecule has 3 aromatic carbocycles. The SMILES string of the molecule is O=C1S/C(=C\c2cc(Cc3ccccc3)ccc2O)C(=O)N1CCOc1ccc(Cl)cc1. The Kier molecular flexibility index (Phi) is 6.83. The van der Waals surface area contributed by atoms with Crippen molar-refractivity contribution >= 4 is 40.6 Å². The van der Waals surface area contributed by atoms with Gasteiger partial charge >= 0.3 is 0 Å². The van der Waals surface area contributed by atoms with Crippen molar-refractivity contribution in [1.82, 2.24) is 4.90 Å². The van der Waals surface area contributed by atoms with Crippen LogP contribution in [0.5, 0.6) is 11.5 Å². The van der Waals surface area contributed by atoms with Crippen molar-refractivity contribution in [2.45, 2.75) is 6.42 Å². The van der Waals surface area contributed by atoms with E-state index in [0.29, 0.717) is 22.8 Å². The van der Waals surface area contributed by atoms with E-state index in [2.05, 4.69) is 0 Å². The zero-order chi connectivity index (χ0) is 22.5. The van der Waals surface area contributed by atoms with Crippen molar-refractivity contribution in [3.63, 3.8) is 0 Å². The van der Waals surface area contributed by atoms with E-state index in [0.717, 1.165) is 27.8 Å². The van der Waals surface area contributed by atoms with E-state index in [1.807, 2.05) is 42.5 Å². The molecule has 0 atom stereocenters. The highest BCUT2D eigenvalue weighted by Crippen LogP contribution is 2.34. The molecule has 0 spiro atoms. The lowest BCUT2D eigenvalue weighted by atomic mass is 10.0. The molecule has 0 aliphatic carbocycles. The van der Waals surface area contributed by atoms with Crippen LogP contribution in [0.15, 0.2) is 77.7 Å². The number of phenols is 1. The summed E-state index contributed by atoms with van der Waals surface area (Å²) >= 11 is 6.71. The molecule has 0 unspecified atom stereocenters. The van der Waals surface area contributed by atoms with Gasteiger partial charge in [-0.25, -0.2) is 0 Å². The maximum absolute atomic E-state index is 12.8. The summed E-state index contributed by atoms with van der Waals surface area (Å²) in [4.78, 5) is 26.5. The number of amides is 2. The number of nitrogens with zero attached hydrogens (tertiary/aromatic N) is 1. The van der Waals surface area contributed by atoms with E-state index < -0.39 is 5.91 Å². The van der Waals surface area contributed by atoms with Gasteiger partial charge in [0, 0.05) is 10.6 Å². The molecule has 32 heavy (non-hydrogen) atoms. The zero-order valence-corrected chi connectivity index (χ0v) is 18.6. The quantitative estimate of drug-likeness (QED) is 0.450. The van der Waals surface area contributed by atoms with Gasteiger partial charge in [0.1, 0.15) is 18.1 Å². The Morgan fingerprint density at radius 1 is 0.969 bits per heavy atom. The molecule has 5 nitrogen and oxygen atoms in total. The average Bonchev–Trinajstić information content (AvgIpc) is 3.05. The van der Waals surface area contributed by atoms with Crippen LogP contribution in [0.3, 0.4) is 0 Å². The number of hydrogen-bond acceptors (Lipinski definition) is 5. The van der Waals surface area contributed by atoms with E-state index in [4.69, 9.17) is 16.3 Å². The number of carbonyl (C=O) groups is 2. The van der Waals surface area contributed by atoms with Gasteiger partial charge in [0.15, 0.2) is 0 Å². The molecule has 7 heteroatoms. The average molecular weight is 466 g/mol. The molecule has 4 rings (SSSR count). The van der Waals surface area contributed by atoms with Crippen LogP contribution < -0.4 is 4.74 Å². The second-order valence-electron chi connectivity index (χ2n) is 7.19. The van der Waals surface area contributed by atoms with Gasteiger partial charge in [0.05, 0.1) is 11.4 Å². The second-order valence-corrected chi connectivity index (χ2v) is 8.62. The predicted molar refractivity (Wildman–Crippen MR) is 127 cm³/mol. The third-order valence-electron chi connectivity index (χ3n) is 4.90. The Bertz CT molecular complexity index is 1160. The highest BCUT2D eigenvalue weighted by molar-refractivity contribution is 8.18. The summed E-state index contributed by atoms with van der Waals surface area (Å²) in [5.74, 6) is 0.268. The van der Waals surface area contributed by atoms with Gasteiger partial charge in [-0.15, -0.1) is 0 Å². The molecule has 0 saturated carbocycles. The normalized spacial score (nSPS) is 14.9. The zero-order valence-electron chi connectivity index (χ0n) is 17.0. The number of halogens is 1. The molecule has 162 valence electrons. The van der Waals surface area contributed by atoms with Gasteiger partial charge in [0.2, 0.25) is 0 Å². The molecule has 0 aromatic heterocycles. The number of ether oxygens (including phenoxy) is 1. The van der Waals surface area contributed by atoms with Crippen LogP contribution in [0.2, 0.25) is 5.02 Å². The smallest absolute Gasteiger partial charge is 0.293 e. The molecule has 1 fully saturated rings. The van der Waals surface area contributed by atoms with E-state index >= 15 is 0 Å². The van der Waals surface area contributed by atoms with Gasteiger partial charge in [-0.1, -0.05) is 48.0 Å².